The highest BCUT2D eigenvalue weighted by molar-refractivity contribution is 5.62. The van der Waals surface area contributed by atoms with E-state index in [-0.39, 0.29) is 0 Å². The van der Waals surface area contributed by atoms with E-state index >= 15 is 0 Å². The molecule has 1 heterocycles. The molecule has 0 fully saturated rings. The molecule has 0 saturated heterocycles. The zero-order chi connectivity index (χ0) is 13.8. The van der Waals surface area contributed by atoms with Gasteiger partial charge in [0.1, 0.15) is 5.82 Å². The van der Waals surface area contributed by atoms with Gasteiger partial charge in [0, 0.05) is 17.8 Å². The lowest BCUT2D eigenvalue weighted by molar-refractivity contribution is 0.504. The molecule has 0 amide bonds. The van der Waals surface area contributed by atoms with Crippen LogP contribution in [0.3, 0.4) is 0 Å². The first-order chi connectivity index (χ1) is 9.81. The maximum Gasteiger partial charge on any atom is 0.181 e. The third-order valence-electron chi connectivity index (χ3n) is 3.69. The Kier molecular flexibility index (Phi) is 3.81. The molecule has 1 unspecified atom stereocenters. The van der Waals surface area contributed by atoms with Gasteiger partial charge in [-0.25, -0.2) is 4.98 Å². The van der Waals surface area contributed by atoms with E-state index in [4.69, 9.17) is 0 Å². The molecule has 3 rings (SSSR count). The highest BCUT2D eigenvalue weighted by Gasteiger charge is 2.10. The Hall–Kier alpha value is -2.10. The molecule has 0 bridgehead atoms. The Labute approximate surface area is 119 Å². The fourth-order valence-electron chi connectivity index (χ4n) is 2.54. The number of rotatable bonds is 4. The molecule has 4 nitrogen and oxygen atoms in total. The summed E-state index contributed by atoms with van der Waals surface area (Å²) in [6.07, 6.45) is 8.25. The summed E-state index contributed by atoms with van der Waals surface area (Å²) in [5, 5.41) is 10.6. The predicted octanol–water partition coefficient (Wildman–Crippen LogP) is 3.55. The molecule has 0 saturated carbocycles. The van der Waals surface area contributed by atoms with Crippen molar-refractivity contribution in [2.45, 2.75) is 26.2 Å². The van der Waals surface area contributed by atoms with Gasteiger partial charge in [-0.05, 0) is 44.2 Å². The van der Waals surface area contributed by atoms with Crippen LogP contribution in [0, 0.1) is 12.8 Å². The molecule has 0 spiro atoms. The van der Waals surface area contributed by atoms with Gasteiger partial charge in [0.2, 0.25) is 0 Å². The van der Waals surface area contributed by atoms with Crippen molar-refractivity contribution in [1.29, 1.82) is 0 Å². The molecule has 1 atom stereocenters. The second-order valence-corrected chi connectivity index (χ2v) is 5.36. The normalized spacial score (nSPS) is 18.1. The van der Waals surface area contributed by atoms with Gasteiger partial charge in [0.15, 0.2) is 5.82 Å². The molecule has 2 N–H and O–H groups in total. The molecule has 1 aromatic heterocycles. The number of aryl methyl sites for hydroxylation is 1. The van der Waals surface area contributed by atoms with Crippen LogP contribution in [-0.2, 0) is 0 Å². The summed E-state index contributed by atoms with van der Waals surface area (Å²) in [5.41, 5.74) is 2.18. The van der Waals surface area contributed by atoms with Crippen LogP contribution in [0.25, 0.3) is 11.4 Å². The summed E-state index contributed by atoms with van der Waals surface area (Å²) in [4.78, 5) is 4.37. The number of hydrogen-bond acceptors (Lipinski definition) is 3. The zero-order valence-corrected chi connectivity index (χ0v) is 11.8. The van der Waals surface area contributed by atoms with Gasteiger partial charge in [-0.2, -0.15) is 5.10 Å². The van der Waals surface area contributed by atoms with Crippen molar-refractivity contribution in [3.05, 3.63) is 42.2 Å². The first-order valence-electron chi connectivity index (χ1n) is 7.19. The Bertz CT molecular complexity index is 600. The number of allylic oxidation sites excluding steroid dienone is 2. The average Bonchev–Trinajstić information content (AvgIpc) is 2.93. The van der Waals surface area contributed by atoms with E-state index in [2.05, 4.69) is 44.8 Å². The van der Waals surface area contributed by atoms with Gasteiger partial charge in [-0.1, -0.05) is 24.3 Å². The second-order valence-electron chi connectivity index (χ2n) is 5.36. The predicted molar refractivity (Wildman–Crippen MR) is 81.5 cm³/mol. The first kappa shape index (κ1) is 12.9. The number of benzene rings is 1. The fourth-order valence-corrected chi connectivity index (χ4v) is 2.54. The van der Waals surface area contributed by atoms with Crippen LogP contribution < -0.4 is 5.32 Å². The summed E-state index contributed by atoms with van der Waals surface area (Å²) < 4.78 is 0. The van der Waals surface area contributed by atoms with E-state index < -0.39 is 0 Å². The summed E-state index contributed by atoms with van der Waals surface area (Å²) in [5.74, 6) is 2.34. The lowest BCUT2D eigenvalue weighted by atomic mass is 9.94. The van der Waals surface area contributed by atoms with Crippen LogP contribution in [0.1, 0.15) is 25.1 Å². The van der Waals surface area contributed by atoms with Gasteiger partial charge in [0.25, 0.3) is 0 Å². The van der Waals surface area contributed by atoms with Crippen molar-refractivity contribution in [2.24, 2.45) is 5.92 Å². The van der Waals surface area contributed by atoms with Gasteiger partial charge in [-0.15, -0.1) is 0 Å². The third-order valence-corrected chi connectivity index (χ3v) is 3.69. The SMILES string of the molecule is Cc1nc(-c2cccc(NCC3CC=CCC3)c2)n[nH]1. The monoisotopic (exact) mass is 268 g/mol. The number of hydrogen-bond donors (Lipinski definition) is 2. The van der Waals surface area contributed by atoms with Crippen LogP contribution in [0.5, 0.6) is 0 Å². The third kappa shape index (κ3) is 3.07. The maximum atomic E-state index is 4.37. The largest absolute Gasteiger partial charge is 0.385 e. The Balaban J connectivity index is 1.66. The molecule has 1 aromatic carbocycles. The fraction of sp³-hybridized carbons (Fsp3) is 0.375. The van der Waals surface area contributed by atoms with Crippen molar-refractivity contribution in [3.8, 4) is 11.4 Å². The molecule has 20 heavy (non-hydrogen) atoms. The molecule has 4 heteroatoms. The molecule has 2 aromatic rings. The number of nitrogens with one attached hydrogen (secondary N) is 2. The number of aromatic nitrogens is 3. The van der Waals surface area contributed by atoms with E-state index in [0.29, 0.717) is 0 Å². The molecule has 104 valence electrons. The van der Waals surface area contributed by atoms with Crippen molar-refractivity contribution in [2.75, 3.05) is 11.9 Å². The van der Waals surface area contributed by atoms with Gasteiger partial charge in [-0.3, -0.25) is 5.10 Å². The van der Waals surface area contributed by atoms with Crippen molar-refractivity contribution in [1.82, 2.24) is 15.2 Å². The number of H-pyrrole nitrogens is 1. The maximum absolute atomic E-state index is 4.37. The van der Waals surface area contributed by atoms with Crippen molar-refractivity contribution >= 4 is 5.69 Å². The second kappa shape index (κ2) is 5.90. The molecule has 1 aliphatic rings. The molecular formula is C16H20N4. The minimum absolute atomic E-state index is 0.745. The Morgan fingerprint density at radius 3 is 3.05 bits per heavy atom. The Morgan fingerprint density at radius 2 is 2.30 bits per heavy atom. The van der Waals surface area contributed by atoms with Crippen LogP contribution in [-0.4, -0.2) is 21.7 Å². The standard InChI is InChI=1S/C16H20N4/c1-12-18-16(20-19-12)14-8-5-9-15(10-14)17-11-13-6-3-2-4-7-13/h2-3,5,8-10,13,17H,4,6-7,11H2,1H3,(H,18,19,20). The lowest BCUT2D eigenvalue weighted by Crippen LogP contribution is -2.15. The first-order valence-corrected chi connectivity index (χ1v) is 7.19. The highest BCUT2D eigenvalue weighted by atomic mass is 15.2. The quantitative estimate of drug-likeness (QED) is 0.834. The van der Waals surface area contributed by atoms with Gasteiger partial charge < -0.3 is 5.32 Å². The summed E-state index contributed by atoms with van der Waals surface area (Å²) in [6, 6.07) is 8.30. The summed E-state index contributed by atoms with van der Waals surface area (Å²) in [7, 11) is 0. The minimum Gasteiger partial charge on any atom is -0.385 e. The average molecular weight is 268 g/mol. The van der Waals surface area contributed by atoms with Crippen LogP contribution in [0.4, 0.5) is 5.69 Å². The molecule has 1 aliphatic carbocycles. The molecule has 0 radical (unpaired) electrons. The Morgan fingerprint density at radius 1 is 1.35 bits per heavy atom. The number of anilines is 1. The molecular weight excluding hydrogens is 248 g/mol. The highest BCUT2D eigenvalue weighted by Crippen LogP contribution is 2.22. The van der Waals surface area contributed by atoms with Crippen LogP contribution in [0.2, 0.25) is 0 Å². The lowest BCUT2D eigenvalue weighted by Gasteiger charge is -2.19. The van der Waals surface area contributed by atoms with E-state index in [9.17, 15) is 0 Å². The van der Waals surface area contributed by atoms with Crippen molar-refractivity contribution < 1.29 is 0 Å². The van der Waals surface area contributed by atoms with E-state index in [1.54, 1.807) is 0 Å². The van der Waals surface area contributed by atoms with Crippen LogP contribution in [0.15, 0.2) is 36.4 Å². The van der Waals surface area contributed by atoms with E-state index in [1.807, 2.05) is 19.1 Å². The zero-order valence-electron chi connectivity index (χ0n) is 11.8. The number of aromatic amines is 1. The van der Waals surface area contributed by atoms with E-state index in [0.717, 1.165) is 35.4 Å². The minimum atomic E-state index is 0.745. The van der Waals surface area contributed by atoms with Gasteiger partial charge >= 0.3 is 0 Å². The summed E-state index contributed by atoms with van der Waals surface area (Å²) >= 11 is 0. The smallest absolute Gasteiger partial charge is 0.181 e. The topological polar surface area (TPSA) is 53.6 Å². The van der Waals surface area contributed by atoms with Crippen molar-refractivity contribution in [3.63, 3.8) is 0 Å². The number of nitrogens with zero attached hydrogens (tertiary/aromatic N) is 2. The summed E-state index contributed by atoms with van der Waals surface area (Å²) in [6.45, 7) is 2.94. The van der Waals surface area contributed by atoms with Crippen LogP contribution >= 0.6 is 0 Å². The van der Waals surface area contributed by atoms with Gasteiger partial charge in [0.05, 0.1) is 0 Å². The van der Waals surface area contributed by atoms with E-state index in [1.165, 1.54) is 19.3 Å². The molecule has 0 aliphatic heterocycles.